The van der Waals surface area contributed by atoms with Crippen LogP contribution in [-0.4, -0.2) is 124 Å². The summed E-state index contributed by atoms with van der Waals surface area (Å²) < 4.78 is 23.3. The second-order valence-electron chi connectivity index (χ2n) is 12.5. The maximum atomic E-state index is 9.36. The number of hydrogen-bond acceptors (Lipinski definition) is 12. The molecule has 0 radical (unpaired) electrons. The molecule has 2 N–H and O–H groups in total. The predicted octanol–water partition coefficient (Wildman–Crippen LogP) is 2.62. The Hall–Kier alpha value is -3.57. The fourth-order valence-electron chi connectivity index (χ4n) is 6.84. The van der Waals surface area contributed by atoms with Crippen LogP contribution in [0.5, 0.6) is 6.01 Å². The van der Waals surface area contributed by atoms with Gasteiger partial charge in [-0.15, -0.1) is 0 Å². The second-order valence-corrected chi connectivity index (χ2v) is 12.5. The van der Waals surface area contributed by atoms with Crippen LogP contribution in [0.3, 0.4) is 0 Å². The molecule has 6 rings (SSSR count). The fraction of sp³-hybridized carbons (Fsp3) is 0.571. The van der Waals surface area contributed by atoms with Crippen LogP contribution in [-0.2, 0) is 27.2 Å². The van der Waals surface area contributed by atoms with Crippen LogP contribution in [0.25, 0.3) is 10.8 Å². The lowest BCUT2D eigenvalue weighted by molar-refractivity contribution is -0.0113. The zero-order valence-corrected chi connectivity index (χ0v) is 27.4. The van der Waals surface area contributed by atoms with E-state index in [9.17, 15) is 5.26 Å². The van der Waals surface area contributed by atoms with Gasteiger partial charge in [0.05, 0.1) is 70.5 Å². The highest BCUT2D eigenvalue weighted by Crippen LogP contribution is 2.34. The van der Waals surface area contributed by atoms with E-state index < -0.39 is 0 Å². The van der Waals surface area contributed by atoms with Gasteiger partial charge in [0.15, 0.2) is 0 Å². The molecule has 2 saturated heterocycles. The van der Waals surface area contributed by atoms with Crippen molar-refractivity contribution in [1.29, 1.82) is 5.26 Å². The molecule has 0 unspecified atom stereocenters. The first-order valence-corrected chi connectivity index (χ1v) is 16.8. The molecular weight excluding hydrogens is 598 g/mol. The number of piperazine rings is 1. The minimum absolute atomic E-state index is 0. The molecule has 2 fully saturated rings. The predicted molar refractivity (Wildman–Crippen MR) is 182 cm³/mol. The van der Waals surface area contributed by atoms with E-state index in [0.29, 0.717) is 58.6 Å². The van der Waals surface area contributed by atoms with Gasteiger partial charge in [-0.25, -0.2) is 0 Å². The Morgan fingerprint density at radius 1 is 1.00 bits per heavy atom. The number of rotatable bonds is 15. The summed E-state index contributed by atoms with van der Waals surface area (Å²) in [6.07, 6.45) is 2.26. The maximum Gasteiger partial charge on any atom is 0.318 e. The molecule has 0 bridgehead atoms. The third-order valence-electron chi connectivity index (χ3n) is 9.27. The van der Waals surface area contributed by atoms with Gasteiger partial charge in [0.25, 0.3) is 0 Å². The van der Waals surface area contributed by atoms with Crippen molar-refractivity contribution in [2.45, 2.75) is 44.0 Å². The number of nitrogens with zero attached hydrogens (tertiary/aromatic N) is 6. The minimum Gasteiger partial charge on any atom is -0.462 e. The van der Waals surface area contributed by atoms with E-state index in [2.05, 4.69) is 75.6 Å². The first-order valence-electron chi connectivity index (χ1n) is 16.8. The zero-order chi connectivity index (χ0) is 32.4. The normalized spacial score (nSPS) is 21.6. The Morgan fingerprint density at radius 2 is 1.83 bits per heavy atom. The Labute approximate surface area is 278 Å². The summed E-state index contributed by atoms with van der Waals surface area (Å²) in [5.41, 5.74) is 3.40. The minimum atomic E-state index is 0. The van der Waals surface area contributed by atoms with Crippen LogP contribution in [0.4, 0.5) is 11.5 Å². The van der Waals surface area contributed by atoms with Crippen molar-refractivity contribution in [1.82, 2.24) is 20.2 Å². The monoisotopic (exact) mass is 647 g/mol. The number of likely N-dealkylation sites (tertiary alicyclic amines) is 1. The Balaban J connectivity index is 0.00000451. The largest absolute Gasteiger partial charge is 0.462 e. The molecule has 12 nitrogen and oxygen atoms in total. The number of aliphatic hydroxyl groups is 1. The van der Waals surface area contributed by atoms with Crippen molar-refractivity contribution in [3.63, 3.8) is 0 Å². The van der Waals surface area contributed by atoms with Crippen molar-refractivity contribution >= 4 is 22.3 Å². The number of likely N-dealkylation sites (N-methyl/N-ethyl adjacent to an activating group) is 1. The van der Waals surface area contributed by atoms with Crippen molar-refractivity contribution in [2.24, 2.45) is 0 Å². The summed E-state index contributed by atoms with van der Waals surface area (Å²) in [5.74, 6) is 0.940. The number of aliphatic hydroxyl groups excluding tert-OH is 1. The van der Waals surface area contributed by atoms with Gasteiger partial charge in [-0.1, -0.05) is 36.4 Å². The van der Waals surface area contributed by atoms with E-state index >= 15 is 0 Å². The molecular formula is C35H49N7O5. The highest BCUT2D eigenvalue weighted by Gasteiger charge is 2.32. The molecule has 3 aliphatic rings. The van der Waals surface area contributed by atoms with Crippen LogP contribution in [0, 0.1) is 11.3 Å². The number of aromatic nitrogens is 2. The van der Waals surface area contributed by atoms with E-state index in [1.165, 1.54) is 22.0 Å². The lowest BCUT2D eigenvalue weighted by atomic mass is 10.0. The molecule has 3 aliphatic heterocycles. The number of nitrogens with one attached hydrogen (secondary N) is 1. The molecule has 4 heterocycles. The zero-order valence-electron chi connectivity index (χ0n) is 27.4. The van der Waals surface area contributed by atoms with Gasteiger partial charge >= 0.3 is 6.01 Å². The first kappa shape index (κ1) is 33.3. The van der Waals surface area contributed by atoms with Gasteiger partial charge in [0, 0.05) is 62.9 Å². The molecule has 0 saturated carbocycles. The number of benzene rings is 2. The molecule has 3 atom stereocenters. The molecule has 3 aromatic rings. The number of anilines is 2. The average molecular weight is 648 g/mol. The number of fused-ring (bicyclic) bond motifs is 2. The van der Waals surface area contributed by atoms with Crippen LogP contribution < -0.4 is 19.9 Å². The van der Waals surface area contributed by atoms with E-state index in [4.69, 9.17) is 34.0 Å². The maximum absolute atomic E-state index is 9.36. The summed E-state index contributed by atoms with van der Waals surface area (Å²) in [6, 6.07) is 18.0. The van der Waals surface area contributed by atoms with Crippen molar-refractivity contribution in [3.05, 3.63) is 53.7 Å². The van der Waals surface area contributed by atoms with Gasteiger partial charge in [-0.05, 0) is 31.3 Å². The van der Waals surface area contributed by atoms with Gasteiger partial charge < -0.3 is 39.2 Å². The molecule has 254 valence electrons. The summed E-state index contributed by atoms with van der Waals surface area (Å²) in [6.45, 7) is 7.54. The summed E-state index contributed by atoms with van der Waals surface area (Å²) in [5, 5.41) is 24.1. The lowest BCUT2D eigenvalue weighted by Gasteiger charge is -2.37. The number of hydrogen-bond donors (Lipinski definition) is 2. The Morgan fingerprint density at radius 3 is 2.70 bits per heavy atom. The first-order chi connectivity index (χ1) is 23.1. The van der Waals surface area contributed by atoms with Crippen LogP contribution in [0.2, 0.25) is 0 Å². The summed E-state index contributed by atoms with van der Waals surface area (Å²) in [4.78, 5) is 17.1. The third-order valence-corrected chi connectivity index (χ3v) is 9.27. The Bertz CT molecular complexity index is 1500. The molecule has 0 spiro atoms. The lowest BCUT2D eigenvalue weighted by Crippen LogP contribution is -2.51. The number of ether oxygens (including phenoxy) is 4. The van der Waals surface area contributed by atoms with Crippen molar-refractivity contribution in [3.8, 4) is 12.1 Å². The van der Waals surface area contributed by atoms with E-state index in [-0.39, 0.29) is 26.2 Å². The molecule has 12 heteroatoms. The standard InChI is InChI=1S/C35H47N7O5.H2/c1-40-23-29(46-20-19-45-18-17-44-16-15-43)21-28(40)25-47-35-38-32-24-41(33-8-4-6-26-5-2-3-7-30(26)33)13-10-31(32)34(39-35)42-14-12-37-27(22-42)9-11-36;/h2-8,27-29,37,43H,9-10,12-25H2,1H3;1H/t27-,28-,29+;/m0./s1. The second kappa shape index (κ2) is 16.5. The SMILES string of the molecule is CN1C[C@H](OCCOCCOCCO)C[C@H]1COc1nc2c(c(N3CCN[C@@H](CC#N)C3)n1)CCN(c1cccc3ccccc13)C2.[HH]. The van der Waals surface area contributed by atoms with Gasteiger partial charge in [-0.2, -0.15) is 15.2 Å². The molecule has 0 amide bonds. The fourth-order valence-corrected chi connectivity index (χ4v) is 6.84. The quantitative estimate of drug-likeness (QED) is 0.235. The van der Waals surface area contributed by atoms with Gasteiger partial charge in [-0.3, -0.25) is 4.90 Å². The summed E-state index contributed by atoms with van der Waals surface area (Å²) in [7, 11) is 2.10. The smallest absolute Gasteiger partial charge is 0.318 e. The molecule has 2 aromatic carbocycles. The number of nitriles is 1. The van der Waals surface area contributed by atoms with Gasteiger partial charge in [0.2, 0.25) is 0 Å². The topological polar surface area (TPSA) is 128 Å². The highest BCUT2D eigenvalue weighted by atomic mass is 16.5. The van der Waals surface area contributed by atoms with Gasteiger partial charge in [0.1, 0.15) is 12.4 Å². The van der Waals surface area contributed by atoms with Crippen LogP contribution >= 0.6 is 0 Å². The summed E-state index contributed by atoms with van der Waals surface area (Å²) >= 11 is 0. The third kappa shape index (κ3) is 8.48. The highest BCUT2D eigenvalue weighted by molar-refractivity contribution is 5.94. The van der Waals surface area contributed by atoms with E-state index in [1.54, 1.807) is 0 Å². The van der Waals surface area contributed by atoms with Crippen molar-refractivity contribution in [2.75, 3.05) is 95.8 Å². The average Bonchev–Trinajstić information content (AvgIpc) is 3.46. The van der Waals surface area contributed by atoms with Crippen LogP contribution in [0.15, 0.2) is 42.5 Å². The Kier molecular flexibility index (Phi) is 11.7. The molecule has 1 aromatic heterocycles. The molecule has 47 heavy (non-hydrogen) atoms. The van der Waals surface area contributed by atoms with E-state index in [1.807, 2.05) is 0 Å². The van der Waals surface area contributed by atoms with Crippen LogP contribution in [0.1, 0.15) is 25.5 Å². The van der Waals surface area contributed by atoms with E-state index in [0.717, 1.165) is 57.1 Å². The molecule has 0 aliphatic carbocycles. The van der Waals surface area contributed by atoms with Crippen molar-refractivity contribution < 1.29 is 25.5 Å².